The number of amides is 1. The maximum absolute atomic E-state index is 12.9. The van der Waals surface area contributed by atoms with Crippen molar-refractivity contribution in [2.75, 3.05) is 6.54 Å². The maximum Gasteiger partial charge on any atom is 0.419 e. The van der Waals surface area contributed by atoms with Gasteiger partial charge in [-0.3, -0.25) is 9.59 Å². The van der Waals surface area contributed by atoms with Crippen molar-refractivity contribution in [2.24, 2.45) is 5.10 Å². The molecule has 0 bridgehead atoms. The smallest absolute Gasteiger partial charge is 0.419 e. The van der Waals surface area contributed by atoms with Crippen LogP contribution in [0, 0.1) is 0 Å². The molecule has 2 aromatic rings. The molecule has 0 fully saturated rings. The van der Waals surface area contributed by atoms with E-state index in [0.717, 1.165) is 23.4 Å². The molecule has 0 unspecified atom stereocenters. The first-order chi connectivity index (χ1) is 13.3. The van der Waals surface area contributed by atoms with Gasteiger partial charge < -0.3 is 4.74 Å². The van der Waals surface area contributed by atoms with Crippen molar-refractivity contribution in [1.29, 1.82) is 0 Å². The Labute approximate surface area is 159 Å². The van der Waals surface area contributed by atoms with Gasteiger partial charge in [0.05, 0.1) is 24.2 Å². The standard InChI is InChI=1S/C20H17F3N2O3/c21-20(22,23)15-8-4-5-9-17(15)28-19(27)11-10-18(26)25-13-12-16(24-25)14-6-2-1-3-7-14/h1-9H,10-13H2. The second kappa shape index (κ2) is 8.24. The molecule has 1 aliphatic rings. The summed E-state index contributed by atoms with van der Waals surface area (Å²) in [5, 5.41) is 5.54. The van der Waals surface area contributed by atoms with Gasteiger partial charge in [0.2, 0.25) is 5.91 Å². The summed E-state index contributed by atoms with van der Waals surface area (Å²) in [6, 6.07) is 13.9. The molecule has 0 atom stereocenters. The number of ether oxygens (including phenoxy) is 1. The van der Waals surface area contributed by atoms with Gasteiger partial charge in [0.1, 0.15) is 5.75 Å². The molecule has 2 aromatic carbocycles. The molecule has 8 heteroatoms. The van der Waals surface area contributed by atoms with E-state index in [4.69, 9.17) is 4.74 Å². The van der Waals surface area contributed by atoms with Gasteiger partial charge in [-0.05, 0) is 17.7 Å². The highest BCUT2D eigenvalue weighted by Crippen LogP contribution is 2.36. The van der Waals surface area contributed by atoms with Gasteiger partial charge in [0.25, 0.3) is 0 Å². The third-order valence-corrected chi connectivity index (χ3v) is 4.16. The minimum atomic E-state index is -4.63. The highest BCUT2D eigenvalue weighted by Gasteiger charge is 2.34. The Hall–Kier alpha value is -3.16. The summed E-state index contributed by atoms with van der Waals surface area (Å²) in [5.41, 5.74) is 0.655. The van der Waals surface area contributed by atoms with Crippen LogP contribution in [-0.4, -0.2) is 29.1 Å². The zero-order chi connectivity index (χ0) is 20.1. The van der Waals surface area contributed by atoms with Crippen LogP contribution in [0.15, 0.2) is 59.7 Å². The number of esters is 1. The second-order valence-electron chi connectivity index (χ2n) is 6.15. The van der Waals surface area contributed by atoms with E-state index in [1.54, 1.807) is 0 Å². The van der Waals surface area contributed by atoms with Gasteiger partial charge in [0.15, 0.2) is 0 Å². The normalized spacial score (nSPS) is 14.0. The van der Waals surface area contributed by atoms with E-state index in [1.807, 2.05) is 30.3 Å². The second-order valence-corrected chi connectivity index (χ2v) is 6.15. The number of rotatable bonds is 5. The molecule has 0 aliphatic carbocycles. The van der Waals surface area contributed by atoms with E-state index in [0.29, 0.717) is 13.0 Å². The minimum Gasteiger partial charge on any atom is -0.426 e. The summed E-state index contributed by atoms with van der Waals surface area (Å²) in [7, 11) is 0. The average Bonchev–Trinajstić information content (AvgIpc) is 3.17. The first kappa shape index (κ1) is 19.6. The monoisotopic (exact) mass is 390 g/mol. The van der Waals surface area contributed by atoms with Crippen molar-refractivity contribution < 1.29 is 27.5 Å². The lowest BCUT2D eigenvalue weighted by atomic mass is 10.1. The Bertz CT molecular complexity index is 895. The summed E-state index contributed by atoms with van der Waals surface area (Å²) in [4.78, 5) is 24.1. The van der Waals surface area contributed by atoms with Crippen molar-refractivity contribution in [2.45, 2.75) is 25.4 Å². The first-order valence-electron chi connectivity index (χ1n) is 8.65. The zero-order valence-corrected chi connectivity index (χ0v) is 14.8. The fraction of sp³-hybridized carbons (Fsp3) is 0.250. The van der Waals surface area contributed by atoms with Crippen LogP contribution in [0.2, 0.25) is 0 Å². The molecule has 0 spiro atoms. The summed E-state index contributed by atoms with van der Waals surface area (Å²) in [6.07, 6.45) is -4.57. The summed E-state index contributed by atoms with van der Waals surface area (Å²) in [5.74, 6) is -1.86. The third kappa shape index (κ3) is 4.76. The number of hydrogen-bond acceptors (Lipinski definition) is 4. The molecule has 3 rings (SSSR count). The summed E-state index contributed by atoms with van der Waals surface area (Å²) < 4.78 is 43.6. The molecule has 0 saturated heterocycles. The molecule has 146 valence electrons. The molecule has 1 heterocycles. The number of carbonyl (C=O) groups is 2. The van der Waals surface area contributed by atoms with Crippen molar-refractivity contribution in [3.8, 4) is 5.75 Å². The quantitative estimate of drug-likeness (QED) is 0.572. The number of hydrazone groups is 1. The van der Waals surface area contributed by atoms with Gasteiger partial charge in [-0.25, -0.2) is 5.01 Å². The number of nitrogens with zero attached hydrogens (tertiary/aromatic N) is 2. The topological polar surface area (TPSA) is 59.0 Å². The van der Waals surface area contributed by atoms with Crippen LogP contribution >= 0.6 is 0 Å². The van der Waals surface area contributed by atoms with Gasteiger partial charge in [-0.1, -0.05) is 42.5 Å². The van der Waals surface area contributed by atoms with Gasteiger partial charge >= 0.3 is 12.1 Å². The van der Waals surface area contributed by atoms with E-state index in [-0.39, 0.29) is 18.7 Å². The fourth-order valence-electron chi connectivity index (χ4n) is 2.77. The van der Waals surface area contributed by atoms with Gasteiger partial charge in [-0.15, -0.1) is 0 Å². The number of benzene rings is 2. The Morgan fingerprint density at radius 3 is 2.39 bits per heavy atom. The third-order valence-electron chi connectivity index (χ3n) is 4.16. The summed E-state index contributed by atoms with van der Waals surface area (Å²) >= 11 is 0. The van der Waals surface area contributed by atoms with Crippen molar-refractivity contribution in [3.05, 3.63) is 65.7 Å². The van der Waals surface area contributed by atoms with Crippen molar-refractivity contribution in [3.63, 3.8) is 0 Å². The van der Waals surface area contributed by atoms with E-state index >= 15 is 0 Å². The van der Waals surface area contributed by atoms with E-state index < -0.39 is 23.5 Å². The molecule has 1 aliphatic heterocycles. The maximum atomic E-state index is 12.9. The lowest BCUT2D eigenvalue weighted by molar-refractivity contribution is -0.143. The highest BCUT2D eigenvalue weighted by atomic mass is 19.4. The van der Waals surface area contributed by atoms with E-state index in [2.05, 4.69) is 5.10 Å². The van der Waals surface area contributed by atoms with Crippen LogP contribution in [0.5, 0.6) is 5.75 Å². The Morgan fingerprint density at radius 2 is 1.68 bits per heavy atom. The van der Waals surface area contributed by atoms with Gasteiger partial charge in [-0.2, -0.15) is 18.3 Å². The lowest BCUT2D eigenvalue weighted by Gasteiger charge is -2.13. The number of para-hydroxylation sites is 1. The first-order valence-corrected chi connectivity index (χ1v) is 8.65. The predicted octanol–water partition coefficient (Wildman–Crippen LogP) is 4.03. The molecule has 0 radical (unpaired) electrons. The Morgan fingerprint density at radius 1 is 1.00 bits per heavy atom. The van der Waals surface area contributed by atoms with Crippen molar-refractivity contribution in [1.82, 2.24) is 5.01 Å². The number of hydrogen-bond donors (Lipinski definition) is 0. The van der Waals surface area contributed by atoms with Crippen LogP contribution < -0.4 is 4.74 Å². The zero-order valence-electron chi connectivity index (χ0n) is 14.8. The van der Waals surface area contributed by atoms with E-state index in [9.17, 15) is 22.8 Å². The average molecular weight is 390 g/mol. The summed E-state index contributed by atoms with van der Waals surface area (Å²) in [6.45, 7) is 0.398. The predicted molar refractivity (Wildman–Crippen MR) is 95.6 cm³/mol. The van der Waals surface area contributed by atoms with Crippen LogP contribution in [0.4, 0.5) is 13.2 Å². The molecule has 0 aromatic heterocycles. The Kier molecular flexibility index (Phi) is 5.77. The number of carbonyl (C=O) groups excluding carboxylic acids is 2. The van der Waals surface area contributed by atoms with E-state index in [1.165, 1.54) is 17.1 Å². The molecule has 5 nitrogen and oxygen atoms in total. The molecule has 0 saturated carbocycles. The lowest BCUT2D eigenvalue weighted by Crippen LogP contribution is -2.24. The van der Waals surface area contributed by atoms with Crippen LogP contribution in [-0.2, 0) is 15.8 Å². The molecular formula is C20H17F3N2O3. The molecule has 1 amide bonds. The molecular weight excluding hydrogens is 373 g/mol. The van der Waals surface area contributed by atoms with Crippen molar-refractivity contribution >= 4 is 17.6 Å². The SMILES string of the molecule is O=C(CCC(=O)N1CCC(c2ccccc2)=N1)Oc1ccccc1C(F)(F)F. The number of alkyl halides is 3. The Balaban J connectivity index is 1.56. The molecule has 28 heavy (non-hydrogen) atoms. The molecule has 0 N–H and O–H groups in total. The van der Waals surface area contributed by atoms with Crippen LogP contribution in [0.3, 0.4) is 0 Å². The number of halogens is 3. The van der Waals surface area contributed by atoms with Crippen LogP contribution in [0.1, 0.15) is 30.4 Å². The van der Waals surface area contributed by atoms with Crippen LogP contribution in [0.25, 0.3) is 0 Å². The fourth-order valence-corrected chi connectivity index (χ4v) is 2.77. The largest absolute Gasteiger partial charge is 0.426 e. The van der Waals surface area contributed by atoms with Gasteiger partial charge in [0, 0.05) is 12.8 Å². The highest BCUT2D eigenvalue weighted by molar-refractivity contribution is 6.02. The minimum absolute atomic E-state index is 0.196.